The molecule has 0 heterocycles. The molecule has 0 saturated carbocycles. The molecule has 0 aliphatic rings. The van der Waals surface area contributed by atoms with Gasteiger partial charge < -0.3 is 4.74 Å². The van der Waals surface area contributed by atoms with Crippen LogP contribution >= 0.6 is 15.9 Å². The topological polar surface area (TPSA) is 26.3 Å². The molecule has 1 aromatic rings. The van der Waals surface area contributed by atoms with Gasteiger partial charge in [-0.15, -0.1) is 0 Å². The summed E-state index contributed by atoms with van der Waals surface area (Å²) in [5, 5.41) is 0. The molecule has 106 valence electrons. The standard InChI is InChI=1S/C11H8BrF5O2/c1-10(13,14)9(18)6-2-7(12)4-8(3-6)19-5-11(15,16)17/h2-4H,5H2,1H3. The van der Waals surface area contributed by atoms with Crippen molar-refractivity contribution < 1.29 is 31.5 Å². The van der Waals surface area contributed by atoms with Crippen LogP contribution in [0.3, 0.4) is 0 Å². The summed E-state index contributed by atoms with van der Waals surface area (Å²) in [4.78, 5) is 11.3. The van der Waals surface area contributed by atoms with Crippen LogP contribution in [-0.4, -0.2) is 24.5 Å². The number of ether oxygens (including phenoxy) is 1. The number of ketones is 1. The third-order valence-corrected chi connectivity index (χ3v) is 2.39. The zero-order valence-corrected chi connectivity index (χ0v) is 11.1. The Balaban J connectivity index is 2.98. The quantitative estimate of drug-likeness (QED) is 0.602. The Morgan fingerprint density at radius 1 is 1.21 bits per heavy atom. The second-order valence-electron chi connectivity index (χ2n) is 3.80. The van der Waals surface area contributed by atoms with E-state index >= 15 is 0 Å². The van der Waals surface area contributed by atoms with Gasteiger partial charge in [-0.3, -0.25) is 4.79 Å². The maximum absolute atomic E-state index is 12.9. The fourth-order valence-corrected chi connectivity index (χ4v) is 1.67. The van der Waals surface area contributed by atoms with Crippen molar-refractivity contribution in [2.24, 2.45) is 0 Å². The van der Waals surface area contributed by atoms with Crippen molar-refractivity contribution in [3.05, 3.63) is 28.2 Å². The number of alkyl halides is 5. The Morgan fingerprint density at radius 2 is 1.79 bits per heavy atom. The largest absolute Gasteiger partial charge is 0.484 e. The molecule has 0 bridgehead atoms. The first-order valence-electron chi connectivity index (χ1n) is 4.92. The lowest BCUT2D eigenvalue weighted by Crippen LogP contribution is -2.24. The van der Waals surface area contributed by atoms with Crippen molar-refractivity contribution >= 4 is 21.7 Å². The van der Waals surface area contributed by atoms with E-state index in [2.05, 4.69) is 20.7 Å². The molecule has 2 nitrogen and oxygen atoms in total. The second kappa shape index (κ2) is 5.44. The van der Waals surface area contributed by atoms with Crippen LogP contribution in [0.25, 0.3) is 0 Å². The zero-order chi connectivity index (χ0) is 14.8. The van der Waals surface area contributed by atoms with Gasteiger partial charge in [0.05, 0.1) is 0 Å². The molecule has 0 N–H and O–H groups in total. The van der Waals surface area contributed by atoms with E-state index < -0.39 is 30.1 Å². The summed E-state index contributed by atoms with van der Waals surface area (Å²) in [6.07, 6.45) is -4.55. The third kappa shape index (κ3) is 5.14. The molecule has 0 unspecified atom stereocenters. The van der Waals surface area contributed by atoms with E-state index in [1.807, 2.05) is 0 Å². The first-order valence-corrected chi connectivity index (χ1v) is 5.71. The molecule has 1 rings (SSSR count). The summed E-state index contributed by atoms with van der Waals surface area (Å²) >= 11 is 2.91. The maximum Gasteiger partial charge on any atom is 0.422 e. The van der Waals surface area contributed by atoms with Crippen LogP contribution in [0.1, 0.15) is 17.3 Å². The highest BCUT2D eigenvalue weighted by atomic mass is 79.9. The molecule has 0 aromatic heterocycles. The van der Waals surface area contributed by atoms with Crippen molar-refractivity contribution in [2.75, 3.05) is 6.61 Å². The Morgan fingerprint density at radius 3 is 2.26 bits per heavy atom. The number of benzene rings is 1. The van der Waals surface area contributed by atoms with E-state index in [4.69, 9.17) is 0 Å². The first kappa shape index (κ1) is 15.9. The lowest BCUT2D eigenvalue weighted by atomic mass is 10.1. The Bertz CT molecular complexity index is 479. The van der Waals surface area contributed by atoms with Crippen molar-refractivity contribution in [2.45, 2.75) is 19.0 Å². The highest BCUT2D eigenvalue weighted by Gasteiger charge is 2.34. The van der Waals surface area contributed by atoms with Gasteiger partial charge in [-0.2, -0.15) is 22.0 Å². The van der Waals surface area contributed by atoms with Gasteiger partial charge in [-0.1, -0.05) is 15.9 Å². The molecule has 0 atom stereocenters. The van der Waals surface area contributed by atoms with Crippen LogP contribution in [0.5, 0.6) is 5.75 Å². The predicted octanol–water partition coefficient (Wildman–Crippen LogP) is 4.23. The average Bonchev–Trinajstić information content (AvgIpc) is 2.22. The van der Waals surface area contributed by atoms with Crippen LogP contribution in [0.2, 0.25) is 0 Å². The highest BCUT2D eigenvalue weighted by molar-refractivity contribution is 9.10. The van der Waals surface area contributed by atoms with Gasteiger partial charge in [0.2, 0.25) is 5.78 Å². The molecule has 0 saturated heterocycles. The fraction of sp³-hybridized carbons (Fsp3) is 0.364. The molecule has 8 heteroatoms. The number of halogens is 6. The van der Waals surface area contributed by atoms with Gasteiger partial charge in [0.1, 0.15) is 5.75 Å². The van der Waals surface area contributed by atoms with Crippen LogP contribution < -0.4 is 4.74 Å². The molecule has 1 aromatic carbocycles. The van der Waals surface area contributed by atoms with E-state index in [-0.39, 0.29) is 10.2 Å². The Hall–Kier alpha value is -1.18. The van der Waals surface area contributed by atoms with Gasteiger partial charge in [0.25, 0.3) is 0 Å². The number of hydrogen-bond donors (Lipinski definition) is 0. The van der Waals surface area contributed by atoms with E-state index in [0.717, 1.165) is 18.2 Å². The fourth-order valence-electron chi connectivity index (χ4n) is 1.20. The van der Waals surface area contributed by atoms with Gasteiger partial charge in [-0.05, 0) is 18.2 Å². The first-order chi connectivity index (χ1) is 8.49. The normalized spacial score (nSPS) is 12.4. The lowest BCUT2D eigenvalue weighted by molar-refractivity contribution is -0.153. The number of Topliss-reactive ketones (excluding diaryl/α,β-unsaturated/α-hetero) is 1. The molecule has 0 aliphatic heterocycles. The summed E-state index contributed by atoms with van der Waals surface area (Å²) in [5.74, 6) is -5.42. The minimum atomic E-state index is -4.55. The molecular formula is C11H8BrF5O2. The molecule has 0 radical (unpaired) electrons. The van der Waals surface area contributed by atoms with E-state index in [1.54, 1.807) is 0 Å². The van der Waals surface area contributed by atoms with Crippen molar-refractivity contribution in [3.8, 4) is 5.75 Å². The van der Waals surface area contributed by atoms with E-state index in [1.165, 1.54) is 0 Å². The highest BCUT2D eigenvalue weighted by Crippen LogP contribution is 2.27. The number of rotatable bonds is 4. The molecule has 0 fully saturated rings. The minimum absolute atomic E-state index is 0.166. The van der Waals surface area contributed by atoms with Crippen LogP contribution in [0, 0.1) is 0 Å². The van der Waals surface area contributed by atoms with Gasteiger partial charge >= 0.3 is 12.1 Å². The van der Waals surface area contributed by atoms with Crippen molar-refractivity contribution in [1.82, 2.24) is 0 Å². The molecule has 0 amide bonds. The molecule has 19 heavy (non-hydrogen) atoms. The van der Waals surface area contributed by atoms with E-state index in [0.29, 0.717) is 6.92 Å². The smallest absolute Gasteiger partial charge is 0.422 e. The average molecular weight is 347 g/mol. The minimum Gasteiger partial charge on any atom is -0.484 e. The summed E-state index contributed by atoms with van der Waals surface area (Å²) < 4.78 is 66.2. The van der Waals surface area contributed by atoms with Crippen molar-refractivity contribution in [3.63, 3.8) is 0 Å². The number of hydrogen-bond acceptors (Lipinski definition) is 2. The molecule has 0 spiro atoms. The number of carbonyl (C=O) groups excluding carboxylic acids is 1. The summed E-state index contributed by atoms with van der Waals surface area (Å²) in [7, 11) is 0. The van der Waals surface area contributed by atoms with E-state index in [9.17, 15) is 26.7 Å². The van der Waals surface area contributed by atoms with Crippen LogP contribution in [0.4, 0.5) is 22.0 Å². The van der Waals surface area contributed by atoms with Crippen LogP contribution in [-0.2, 0) is 0 Å². The maximum atomic E-state index is 12.9. The molecular weight excluding hydrogens is 339 g/mol. The summed E-state index contributed by atoms with van der Waals surface area (Å²) in [5.41, 5.74) is -0.431. The zero-order valence-electron chi connectivity index (χ0n) is 9.52. The lowest BCUT2D eigenvalue weighted by Gasteiger charge is -2.12. The number of carbonyl (C=O) groups is 1. The van der Waals surface area contributed by atoms with Gasteiger partial charge in [0, 0.05) is 17.0 Å². The van der Waals surface area contributed by atoms with Crippen LogP contribution in [0.15, 0.2) is 22.7 Å². The third-order valence-electron chi connectivity index (χ3n) is 1.93. The SMILES string of the molecule is CC(F)(F)C(=O)c1cc(Br)cc(OCC(F)(F)F)c1. The monoisotopic (exact) mass is 346 g/mol. The molecule has 0 aliphatic carbocycles. The Labute approximate surface area is 113 Å². The van der Waals surface area contributed by atoms with Gasteiger partial charge in [-0.25, -0.2) is 0 Å². The summed E-state index contributed by atoms with van der Waals surface area (Å²) in [6.45, 7) is -1.16. The van der Waals surface area contributed by atoms with Crippen molar-refractivity contribution in [1.29, 1.82) is 0 Å². The second-order valence-corrected chi connectivity index (χ2v) is 4.71. The van der Waals surface area contributed by atoms with Gasteiger partial charge in [0.15, 0.2) is 6.61 Å². The summed E-state index contributed by atoms with van der Waals surface area (Å²) in [6, 6.07) is 3.08. The predicted molar refractivity (Wildman–Crippen MR) is 60.6 cm³/mol. The Kier molecular flexibility index (Phi) is 4.54.